The van der Waals surface area contributed by atoms with Gasteiger partial charge in [0.25, 0.3) is 0 Å². The van der Waals surface area contributed by atoms with Crippen molar-refractivity contribution in [2.45, 2.75) is 26.1 Å². The molecule has 0 N–H and O–H groups in total. The van der Waals surface area contributed by atoms with E-state index in [2.05, 4.69) is 0 Å². The summed E-state index contributed by atoms with van der Waals surface area (Å²) in [5.41, 5.74) is -0.667. The second kappa shape index (κ2) is 8.83. The number of carbonyl (C=O) groups is 1. The fraction of sp³-hybridized carbons (Fsp3) is 0.304. The molecule has 2 aromatic rings. The van der Waals surface area contributed by atoms with Gasteiger partial charge in [0.1, 0.15) is 16.9 Å². The van der Waals surface area contributed by atoms with E-state index in [1.165, 1.54) is 12.1 Å². The Hall–Kier alpha value is -3.05. The highest BCUT2D eigenvalue weighted by atomic mass is 35.5. The van der Waals surface area contributed by atoms with E-state index in [1.807, 2.05) is 6.07 Å². The summed E-state index contributed by atoms with van der Waals surface area (Å²) in [6.07, 6.45) is -5.33. The van der Waals surface area contributed by atoms with Crippen molar-refractivity contribution in [3.63, 3.8) is 0 Å². The van der Waals surface area contributed by atoms with E-state index in [9.17, 15) is 27.6 Å². The van der Waals surface area contributed by atoms with Crippen molar-refractivity contribution in [3.05, 3.63) is 71.0 Å². The average molecular weight is 468 g/mol. The van der Waals surface area contributed by atoms with Gasteiger partial charge in [0.2, 0.25) is 6.10 Å². The molecule has 2 aromatic carbocycles. The van der Waals surface area contributed by atoms with Crippen LogP contribution in [0.3, 0.4) is 0 Å². The summed E-state index contributed by atoms with van der Waals surface area (Å²) in [7, 11) is 0. The van der Waals surface area contributed by atoms with Crippen LogP contribution < -0.4 is 4.74 Å². The molecule has 3 rings (SSSR count). The van der Waals surface area contributed by atoms with Crippen LogP contribution in [0.15, 0.2) is 59.6 Å². The van der Waals surface area contributed by atoms with E-state index in [0.717, 1.165) is 12.1 Å². The molecular formula is C23H18ClF4NO3. The molecular weight excluding hydrogens is 450 g/mol. The van der Waals surface area contributed by atoms with Gasteiger partial charge in [-0.05, 0) is 35.6 Å². The Morgan fingerprint density at radius 1 is 1.22 bits per heavy atom. The first-order valence-corrected chi connectivity index (χ1v) is 9.90. The molecule has 0 radical (unpaired) electrons. The van der Waals surface area contributed by atoms with E-state index in [0.29, 0.717) is 5.75 Å². The van der Waals surface area contributed by atoms with E-state index >= 15 is 0 Å². The maximum atomic E-state index is 14.2. The molecule has 0 aliphatic heterocycles. The molecule has 3 atom stereocenters. The number of hydrogen-bond acceptors (Lipinski definition) is 4. The Morgan fingerprint density at radius 2 is 1.88 bits per heavy atom. The summed E-state index contributed by atoms with van der Waals surface area (Å²) in [6.45, 7) is 3.21. The molecule has 168 valence electrons. The van der Waals surface area contributed by atoms with Gasteiger partial charge in [0.15, 0.2) is 11.6 Å². The second-order valence-electron chi connectivity index (χ2n) is 7.89. The van der Waals surface area contributed by atoms with Crippen LogP contribution in [0.4, 0.5) is 17.6 Å². The third-order valence-electron chi connectivity index (χ3n) is 5.34. The number of allylic oxidation sites excluding steroid dienone is 2. The molecule has 0 heterocycles. The number of alkyl halides is 3. The molecule has 1 fully saturated rings. The Balaban J connectivity index is 1.76. The summed E-state index contributed by atoms with van der Waals surface area (Å²) in [5.74, 6) is -3.04. The fourth-order valence-electron chi connectivity index (χ4n) is 3.43. The highest BCUT2D eigenvalue weighted by molar-refractivity contribution is 6.30. The molecule has 0 bridgehead atoms. The fourth-order valence-corrected chi connectivity index (χ4v) is 3.56. The van der Waals surface area contributed by atoms with E-state index in [-0.39, 0.29) is 11.3 Å². The summed E-state index contributed by atoms with van der Waals surface area (Å²) in [5, 5.41) is 8.17. The van der Waals surface area contributed by atoms with Crippen LogP contribution in [-0.2, 0) is 9.53 Å². The first-order chi connectivity index (χ1) is 14.9. The number of rotatable bonds is 6. The van der Waals surface area contributed by atoms with E-state index in [4.69, 9.17) is 21.1 Å². The first kappa shape index (κ1) is 23.6. The predicted octanol–water partition coefficient (Wildman–Crippen LogP) is 6.68. The normalized spacial score (nSPS) is 20.8. The number of nitrogens with zero attached hydrogens (tertiary/aromatic N) is 1. The third kappa shape index (κ3) is 5.05. The van der Waals surface area contributed by atoms with Gasteiger partial charge < -0.3 is 9.47 Å². The first-order valence-electron chi connectivity index (χ1n) is 9.52. The summed E-state index contributed by atoms with van der Waals surface area (Å²) >= 11 is 5.30. The molecule has 9 heteroatoms. The lowest BCUT2D eigenvalue weighted by Crippen LogP contribution is -2.15. The van der Waals surface area contributed by atoms with Crippen LogP contribution in [0.1, 0.15) is 25.5 Å². The number of carbonyl (C=O) groups excluding carboxylic acids is 1. The van der Waals surface area contributed by atoms with E-state index < -0.39 is 46.3 Å². The monoisotopic (exact) mass is 467 g/mol. The van der Waals surface area contributed by atoms with Crippen LogP contribution in [-0.4, -0.2) is 12.1 Å². The molecule has 0 unspecified atom stereocenters. The topological polar surface area (TPSA) is 59.3 Å². The lowest BCUT2D eigenvalue weighted by molar-refractivity contribution is -0.149. The van der Waals surface area contributed by atoms with Crippen LogP contribution >= 0.6 is 11.6 Å². The van der Waals surface area contributed by atoms with Gasteiger partial charge in [-0.3, -0.25) is 4.79 Å². The number of halogens is 5. The van der Waals surface area contributed by atoms with Crippen molar-refractivity contribution in [2.75, 3.05) is 0 Å². The lowest BCUT2D eigenvalue weighted by Gasteiger charge is -2.14. The lowest BCUT2D eigenvalue weighted by atomic mass is 10.1. The van der Waals surface area contributed by atoms with Crippen molar-refractivity contribution in [1.82, 2.24) is 0 Å². The molecule has 0 amide bonds. The third-order valence-corrected chi connectivity index (χ3v) is 5.68. The second-order valence-corrected chi connectivity index (χ2v) is 8.30. The average Bonchev–Trinajstić information content (AvgIpc) is 3.27. The Morgan fingerprint density at radius 3 is 2.47 bits per heavy atom. The molecule has 4 nitrogen and oxygen atoms in total. The minimum atomic E-state index is -4.72. The largest absolute Gasteiger partial charge is 0.454 e. The summed E-state index contributed by atoms with van der Waals surface area (Å²) in [4.78, 5) is 12.6. The maximum absolute atomic E-state index is 14.2. The molecule has 0 aromatic heterocycles. The summed E-state index contributed by atoms with van der Waals surface area (Å²) < 4.78 is 63.1. The van der Waals surface area contributed by atoms with Crippen molar-refractivity contribution >= 4 is 17.6 Å². The van der Waals surface area contributed by atoms with Crippen LogP contribution in [0, 0.1) is 34.4 Å². The van der Waals surface area contributed by atoms with Gasteiger partial charge in [-0.15, -0.1) is 0 Å². The standard InChI is InChI=1S/C23H18ClF4NO3/c1-22(2)15(11-19(24)23(26,27)28)20(22)21(30)32-18(12-29)13-8-9-16(25)17(10-13)31-14-6-4-3-5-7-14/h3-11,15,18,20H,1-2H3/t15-,18+,20-/m1/s1. The van der Waals surface area contributed by atoms with E-state index in [1.54, 1.807) is 44.2 Å². The van der Waals surface area contributed by atoms with Gasteiger partial charge in [-0.2, -0.15) is 18.4 Å². The number of benzene rings is 2. The zero-order valence-corrected chi connectivity index (χ0v) is 17.7. The van der Waals surface area contributed by atoms with Crippen LogP contribution in [0.25, 0.3) is 0 Å². The Labute approximate surface area is 187 Å². The molecule has 1 aliphatic rings. The number of para-hydroxylation sites is 1. The van der Waals surface area contributed by atoms with Crippen molar-refractivity contribution in [1.29, 1.82) is 5.26 Å². The minimum Gasteiger partial charge on any atom is -0.454 e. The molecule has 1 saturated carbocycles. The van der Waals surface area contributed by atoms with Crippen molar-refractivity contribution in [3.8, 4) is 17.6 Å². The maximum Gasteiger partial charge on any atom is 0.426 e. The van der Waals surface area contributed by atoms with Gasteiger partial charge in [0.05, 0.1) is 5.92 Å². The van der Waals surface area contributed by atoms with Crippen molar-refractivity contribution in [2.24, 2.45) is 17.3 Å². The number of hydrogen-bond donors (Lipinski definition) is 0. The van der Waals surface area contributed by atoms with Crippen molar-refractivity contribution < 1.29 is 31.8 Å². The van der Waals surface area contributed by atoms with Crippen LogP contribution in [0.2, 0.25) is 0 Å². The number of nitriles is 1. The Kier molecular flexibility index (Phi) is 6.51. The SMILES string of the molecule is CC1(C)[C@H](C=C(Cl)C(F)(F)F)[C@@H]1C(=O)O[C@@H](C#N)c1ccc(F)c(Oc2ccccc2)c1. The Bertz CT molecular complexity index is 1080. The quantitative estimate of drug-likeness (QED) is 0.351. The molecule has 0 spiro atoms. The summed E-state index contributed by atoms with van der Waals surface area (Å²) in [6, 6.07) is 13.8. The highest BCUT2D eigenvalue weighted by Crippen LogP contribution is 2.60. The number of esters is 1. The molecule has 1 aliphatic carbocycles. The number of ether oxygens (including phenoxy) is 2. The van der Waals surface area contributed by atoms with Gasteiger partial charge in [0, 0.05) is 5.56 Å². The zero-order chi connectivity index (χ0) is 23.7. The minimum absolute atomic E-state index is 0.159. The van der Waals surface area contributed by atoms with Gasteiger partial charge >= 0.3 is 12.1 Å². The van der Waals surface area contributed by atoms with Crippen LogP contribution in [0.5, 0.6) is 11.5 Å². The van der Waals surface area contributed by atoms with Gasteiger partial charge in [-0.25, -0.2) is 4.39 Å². The highest BCUT2D eigenvalue weighted by Gasteiger charge is 2.62. The molecule has 32 heavy (non-hydrogen) atoms. The molecule has 0 saturated heterocycles. The smallest absolute Gasteiger partial charge is 0.426 e. The van der Waals surface area contributed by atoms with Gasteiger partial charge in [-0.1, -0.05) is 55.8 Å². The predicted molar refractivity (Wildman–Crippen MR) is 108 cm³/mol. The zero-order valence-electron chi connectivity index (χ0n) is 17.0.